The van der Waals surface area contributed by atoms with Crippen LogP contribution in [0.3, 0.4) is 0 Å². The number of furan rings is 1. The number of nitrogens with zero attached hydrogens (tertiary/aromatic N) is 2. The van der Waals surface area contributed by atoms with E-state index >= 15 is 0 Å². The molecule has 0 aliphatic heterocycles. The van der Waals surface area contributed by atoms with Gasteiger partial charge < -0.3 is 19.6 Å². The van der Waals surface area contributed by atoms with Gasteiger partial charge in [0.2, 0.25) is 11.7 Å². The van der Waals surface area contributed by atoms with Gasteiger partial charge in [-0.25, -0.2) is 0 Å². The van der Waals surface area contributed by atoms with Crippen LogP contribution in [0.4, 0.5) is 5.69 Å². The van der Waals surface area contributed by atoms with Gasteiger partial charge in [0.1, 0.15) is 10.9 Å². The number of thiophene rings is 1. The third-order valence-electron chi connectivity index (χ3n) is 4.13. The highest BCUT2D eigenvalue weighted by molar-refractivity contribution is 7.14. The second-order valence-corrected chi connectivity index (χ2v) is 7.61. The highest BCUT2D eigenvalue weighted by Gasteiger charge is 2.21. The van der Waals surface area contributed by atoms with E-state index < -0.39 is 17.9 Å². The molecule has 3 aromatic heterocycles. The SMILES string of the molecule is C[C@H](NC(=O)c1ccco1)C(=O)Nc1ccsc1-c1nc(-c2ccc(Cl)cc2)no1. The lowest BCUT2D eigenvalue weighted by atomic mass is 10.2. The molecule has 10 heteroatoms. The van der Waals surface area contributed by atoms with Crippen molar-refractivity contribution in [3.63, 3.8) is 0 Å². The molecule has 0 bridgehead atoms. The van der Waals surface area contributed by atoms with E-state index in [4.69, 9.17) is 20.5 Å². The largest absolute Gasteiger partial charge is 0.459 e. The average Bonchev–Trinajstić information content (AvgIpc) is 3.49. The average molecular weight is 443 g/mol. The number of rotatable bonds is 6. The molecule has 0 unspecified atom stereocenters. The molecule has 0 aliphatic carbocycles. The molecule has 152 valence electrons. The lowest BCUT2D eigenvalue weighted by molar-refractivity contribution is -0.117. The Morgan fingerprint density at radius 1 is 1.17 bits per heavy atom. The highest BCUT2D eigenvalue weighted by atomic mass is 35.5. The van der Waals surface area contributed by atoms with Crippen molar-refractivity contribution in [2.24, 2.45) is 0 Å². The van der Waals surface area contributed by atoms with Crippen molar-refractivity contribution in [3.8, 4) is 22.2 Å². The van der Waals surface area contributed by atoms with Crippen LogP contribution in [0.25, 0.3) is 22.2 Å². The summed E-state index contributed by atoms with van der Waals surface area (Å²) < 4.78 is 10.4. The van der Waals surface area contributed by atoms with E-state index in [2.05, 4.69) is 20.8 Å². The second-order valence-electron chi connectivity index (χ2n) is 6.26. The van der Waals surface area contributed by atoms with Gasteiger partial charge in [-0.15, -0.1) is 11.3 Å². The van der Waals surface area contributed by atoms with Gasteiger partial charge >= 0.3 is 0 Å². The molecular weight excluding hydrogens is 428 g/mol. The maximum absolute atomic E-state index is 12.5. The van der Waals surface area contributed by atoms with Gasteiger partial charge in [0.05, 0.1) is 12.0 Å². The van der Waals surface area contributed by atoms with Gasteiger partial charge in [-0.2, -0.15) is 4.98 Å². The standard InChI is InChI=1S/C20H15ClN4O4S/c1-11(22-19(27)15-3-2-9-28-15)18(26)23-14-8-10-30-16(14)20-24-17(25-29-20)12-4-6-13(21)7-5-12/h2-11H,1H3,(H,22,27)(H,23,26)/t11-/m0/s1. The Bertz CT molecular complexity index is 1170. The zero-order valence-corrected chi connectivity index (χ0v) is 17.2. The minimum absolute atomic E-state index is 0.131. The maximum Gasteiger partial charge on any atom is 0.287 e. The second kappa shape index (κ2) is 8.52. The third-order valence-corrected chi connectivity index (χ3v) is 5.29. The number of aromatic nitrogens is 2. The monoisotopic (exact) mass is 442 g/mol. The molecule has 3 heterocycles. The number of amides is 2. The number of hydrogen-bond donors (Lipinski definition) is 2. The summed E-state index contributed by atoms with van der Waals surface area (Å²) in [4.78, 5) is 29.6. The summed E-state index contributed by atoms with van der Waals surface area (Å²) in [6.45, 7) is 1.58. The molecule has 4 aromatic rings. The topological polar surface area (TPSA) is 110 Å². The Morgan fingerprint density at radius 3 is 2.70 bits per heavy atom. The van der Waals surface area contributed by atoms with Gasteiger partial charge in [0.15, 0.2) is 5.76 Å². The molecule has 0 aliphatic rings. The van der Waals surface area contributed by atoms with Gasteiger partial charge in [0, 0.05) is 10.6 Å². The number of nitrogens with one attached hydrogen (secondary N) is 2. The van der Waals surface area contributed by atoms with Crippen LogP contribution in [0, 0.1) is 0 Å². The Balaban J connectivity index is 1.46. The first-order valence-electron chi connectivity index (χ1n) is 8.84. The molecule has 8 nitrogen and oxygen atoms in total. The lowest BCUT2D eigenvalue weighted by Gasteiger charge is -2.13. The molecule has 0 saturated heterocycles. The zero-order chi connectivity index (χ0) is 21.1. The number of carbonyl (C=O) groups excluding carboxylic acids is 2. The van der Waals surface area contributed by atoms with E-state index in [0.29, 0.717) is 21.4 Å². The van der Waals surface area contributed by atoms with Crippen LogP contribution in [0.1, 0.15) is 17.5 Å². The summed E-state index contributed by atoms with van der Waals surface area (Å²) in [5.41, 5.74) is 1.27. The van der Waals surface area contributed by atoms with Crippen LogP contribution in [0.15, 0.2) is 63.0 Å². The van der Waals surface area contributed by atoms with E-state index in [1.54, 1.807) is 48.7 Å². The third kappa shape index (κ3) is 4.27. The minimum Gasteiger partial charge on any atom is -0.459 e. The molecule has 1 aromatic carbocycles. The number of anilines is 1. The molecule has 4 rings (SSSR count). The summed E-state index contributed by atoms with van der Waals surface area (Å²) in [6.07, 6.45) is 1.39. The zero-order valence-electron chi connectivity index (χ0n) is 15.6. The summed E-state index contributed by atoms with van der Waals surface area (Å²) in [5, 5.41) is 11.8. The van der Waals surface area contributed by atoms with Crippen molar-refractivity contribution in [3.05, 3.63) is 64.9 Å². The van der Waals surface area contributed by atoms with E-state index in [0.717, 1.165) is 5.56 Å². The molecule has 0 saturated carbocycles. The van der Waals surface area contributed by atoms with Crippen LogP contribution in [0.2, 0.25) is 5.02 Å². The van der Waals surface area contributed by atoms with Crippen molar-refractivity contribution in [1.82, 2.24) is 15.5 Å². The number of benzene rings is 1. The molecule has 30 heavy (non-hydrogen) atoms. The van der Waals surface area contributed by atoms with E-state index in [-0.39, 0.29) is 11.7 Å². The fourth-order valence-corrected chi connectivity index (χ4v) is 3.48. The Kier molecular flexibility index (Phi) is 5.64. The molecule has 0 radical (unpaired) electrons. The molecule has 1 atom stereocenters. The van der Waals surface area contributed by atoms with Crippen molar-refractivity contribution < 1.29 is 18.5 Å². The first-order valence-corrected chi connectivity index (χ1v) is 10.1. The number of halogens is 1. The maximum atomic E-state index is 12.5. The van der Waals surface area contributed by atoms with Crippen LogP contribution in [-0.4, -0.2) is 28.0 Å². The highest BCUT2D eigenvalue weighted by Crippen LogP contribution is 2.34. The van der Waals surface area contributed by atoms with Crippen LogP contribution >= 0.6 is 22.9 Å². The van der Waals surface area contributed by atoms with Crippen LogP contribution in [0.5, 0.6) is 0 Å². The number of hydrogen-bond acceptors (Lipinski definition) is 7. The molecule has 2 amide bonds. The normalized spacial score (nSPS) is 11.8. The van der Waals surface area contributed by atoms with E-state index in [1.807, 2.05) is 0 Å². The van der Waals surface area contributed by atoms with Gasteiger partial charge in [0.25, 0.3) is 11.8 Å². The van der Waals surface area contributed by atoms with Gasteiger partial charge in [-0.1, -0.05) is 16.8 Å². The Hall–Kier alpha value is -3.43. The summed E-state index contributed by atoms with van der Waals surface area (Å²) in [7, 11) is 0. The van der Waals surface area contributed by atoms with Crippen molar-refractivity contribution in [2.45, 2.75) is 13.0 Å². The fraction of sp³-hybridized carbons (Fsp3) is 0.100. The van der Waals surface area contributed by atoms with Crippen molar-refractivity contribution in [1.29, 1.82) is 0 Å². The van der Waals surface area contributed by atoms with Gasteiger partial charge in [-0.3, -0.25) is 9.59 Å². The first kappa shape index (κ1) is 19.9. The predicted molar refractivity (Wildman–Crippen MR) is 112 cm³/mol. The lowest BCUT2D eigenvalue weighted by Crippen LogP contribution is -2.41. The Labute approximate surface area is 179 Å². The van der Waals surface area contributed by atoms with Crippen LogP contribution in [-0.2, 0) is 4.79 Å². The number of carbonyl (C=O) groups is 2. The fourth-order valence-electron chi connectivity index (χ4n) is 2.59. The predicted octanol–water partition coefficient (Wildman–Crippen LogP) is 4.47. The quantitative estimate of drug-likeness (QED) is 0.456. The first-order chi connectivity index (χ1) is 14.5. The van der Waals surface area contributed by atoms with Crippen molar-refractivity contribution in [2.75, 3.05) is 5.32 Å². The molecule has 0 spiro atoms. The van der Waals surface area contributed by atoms with Crippen molar-refractivity contribution >= 4 is 40.4 Å². The van der Waals surface area contributed by atoms with Crippen LogP contribution < -0.4 is 10.6 Å². The summed E-state index contributed by atoms with van der Waals surface area (Å²) >= 11 is 7.25. The molecule has 0 fully saturated rings. The molecular formula is C20H15ClN4O4S. The smallest absolute Gasteiger partial charge is 0.287 e. The van der Waals surface area contributed by atoms with E-state index in [9.17, 15) is 9.59 Å². The molecule has 2 N–H and O–H groups in total. The summed E-state index contributed by atoms with van der Waals surface area (Å²) in [5.74, 6) is -0.0555. The van der Waals surface area contributed by atoms with Gasteiger partial charge in [-0.05, 0) is 54.8 Å². The summed E-state index contributed by atoms with van der Waals surface area (Å²) in [6, 6.07) is 11.1. The Morgan fingerprint density at radius 2 is 1.97 bits per heavy atom. The minimum atomic E-state index is -0.789. The van der Waals surface area contributed by atoms with E-state index in [1.165, 1.54) is 23.7 Å².